The van der Waals surface area contributed by atoms with E-state index < -0.39 is 0 Å². The number of carbonyl (C=O) groups is 2. The molecule has 0 atom stereocenters. The van der Waals surface area contributed by atoms with Gasteiger partial charge in [-0.05, 0) is 18.6 Å². The fourth-order valence-corrected chi connectivity index (χ4v) is 2.04. The maximum absolute atomic E-state index is 11.8. The molecule has 1 aliphatic heterocycles. The maximum atomic E-state index is 11.8. The number of allylic oxidation sites excluding steroid dienone is 3. The number of morpholine rings is 1. The van der Waals surface area contributed by atoms with Crippen LogP contribution in [-0.4, -0.2) is 49.3 Å². The molecule has 4 nitrogen and oxygen atoms in total. The Morgan fingerprint density at radius 2 is 1.71 bits per heavy atom. The number of hydrogen-bond acceptors (Lipinski definition) is 4. The highest BCUT2D eigenvalue weighted by atomic mass is 16.5. The summed E-state index contributed by atoms with van der Waals surface area (Å²) < 4.78 is 5.25. The zero-order valence-electron chi connectivity index (χ0n) is 10.1. The van der Waals surface area contributed by atoms with Gasteiger partial charge in [-0.1, -0.05) is 6.92 Å². The molecule has 4 heteroatoms. The summed E-state index contributed by atoms with van der Waals surface area (Å²) in [6.07, 6.45) is 3.60. The molecule has 92 valence electrons. The Balaban J connectivity index is 2.02. The lowest BCUT2D eigenvalue weighted by molar-refractivity contribution is -0.115. The van der Waals surface area contributed by atoms with Gasteiger partial charge in [0.1, 0.15) is 0 Å². The van der Waals surface area contributed by atoms with Gasteiger partial charge in [0, 0.05) is 30.8 Å². The first-order valence-corrected chi connectivity index (χ1v) is 6.00. The summed E-state index contributed by atoms with van der Waals surface area (Å²) in [7, 11) is 0. The number of ether oxygens (including phenoxy) is 1. The van der Waals surface area contributed by atoms with Gasteiger partial charge in [0.05, 0.1) is 13.2 Å². The molecule has 1 heterocycles. The van der Waals surface area contributed by atoms with Gasteiger partial charge in [0.25, 0.3) is 0 Å². The fourth-order valence-electron chi connectivity index (χ4n) is 2.04. The lowest BCUT2D eigenvalue weighted by Gasteiger charge is -2.27. The first-order chi connectivity index (χ1) is 8.20. The van der Waals surface area contributed by atoms with Crippen LogP contribution in [0.4, 0.5) is 0 Å². The van der Waals surface area contributed by atoms with E-state index in [2.05, 4.69) is 4.90 Å². The number of carbonyl (C=O) groups excluding carboxylic acids is 2. The van der Waals surface area contributed by atoms with Crippen LogP contribution < -0.4 is 0 Å². The van der Waals surface area contributed by atoms with Crippen molar-refractivity contribution in [3.8, 4) is 0 Å². The molecule has 0 amide bonds. The number of rotatable bonds is 3. The van der Waals surface area contributed by atoms with Gasteiger partial charge in [-0.25, -0.2) is 0 Å². The normalized spacial score (nSPS) is 22.4. The highest BCUT2D eigenvalue weighted by Gasteiger charge is 2.21. The quantitative estimate of drug-likeness (QED) is 0.677. The summed E-state index contributed by atoms with van der Waals surface area (Å²) in [5, 5.41) is 0. The van der Waals surface area contributed by atoms with Crippen LogP contribution >= 0.6 is 0 Å². The molecule has 2 aliphatic rings. The Labute approximate surface area is 101 Å². The maximum Gasteiger partial charge on any atom is 0.183 e. The van der Waals surface area contributed by atoms with Gasteiger partial charge in [-0.3, -0.25) is 14.5 Å². The van der Waals surface area contributed by atoms with Crippen LogP contribution in [0.1, 0.15) is 13.3 Å². The molecule has 0 radical (unpaired) electrons. The van der Waals surface area contributed by atoms with E-state index in [4.69, 9.17) is 4.74 Å². The summed E-state index contributed by atoms with van der Waals surface area (Å²) in [4.78, 5) is 25.7. The van der Waals surface area contributed by atoms with Crippen LogP contribution in [0.15, 0.2) is 23.3 Å². The van der Waals surface area contributed by atoms with Crippen LogP contribution in [0.2, 0.25) is 0 Å². The van der Waals surface area contributed by atoms with Crippen LogP contribution in [0.25, 0.3) is 0 Å². The molecule has 1 aliphatic carbocycles. The average Bonchev–Trinajstić information content (AvgIpc) is 2.34. The van der Waals surface area contributed by atoms with E-state index in [1.165, 1.54) is 12.2 Å². The summed E-state index contributed by atoms with van der Waals surface area (Å²) in [6.45, 7) is 5.49. The standard InChI is InChI=1S/C13H17NO3/c1-2-10-7-13(16)11(8-12(10)15)9-14-3-5-17-6-4-14/h7-8H,2-6,9H2,1H3. The van der Waals surface area contributed by atoms with Crippen molar-refractivity contribution in [1.29, 1.82) is 0 Å². The molecule has 0 aromatic heterocycles. The van der Waals surface area contributed by atoms with Crippen molar-refractivity contribution < 1.29 is 14.3 Å². The Hall–Kier alpha value is -1.26. The fraction of sp³-hybridized carbons (Fsp3) is 0.538. The monoisotopic (exact) mass is 235 g/mol. The van der Waals surface area contributed by atoms with Gasteiger partial charge in [-0.15, -0.1) is 0 Å². The first kappa shape index (κ1) is 12.2. The number of ketones is 2. The van der Waals surface area contributed by atoms with Crippen LogP contribution in [0.3, 0.4) is 0 Å². The minimum atomic E-state index is -0.0204. The van der Waals surface area contributed by atoms with Gasteiger partial charge in [-0.2, -0.15) is 0 Å². The first-order valence-electron chi connectivity index (χ1n) is 6.00. The Morgan fingerprint density at radius 3 is 2.35 bits per heavy atom. The molecule has 0 spiro atoms. The van der Waals surface area contributed by atoms with E-state index in [-0.39, 0.29) is 11.6 Å². The third-order valence-corrected chi connectivity index (χ3v) is 3.12. The second-order valence-corrected chi connectivity index (χ2v) is 4.31. The second kappa shape index (κ2) is 5.38. The number of nitrogens with zero attached hydrogens (tertiary/aromatic N) is 1. The van der Waals surface area contributed by atoms with Crippen LogP contribution in [0, 0.1) is 0 Å². The van der Waals surface area contributed by atoms with Gasteiger partial charge >= 0.3 is 0 Å². The van der Waals surface area contributed by atoms with Crippen molar-refractivity contribution in [2.75, 3.05) is 32.8 Å². The molecule has 1 fully saturated rings. The molecule has 1 saturated heterocycles. The van der Waals surface area contributed by atoms with Crippen molar-refractivity contribution in [3.05, 3.63) is 23.3 Å². The van der Waals surface area contributed by atoms with Gasteiger partial charge in [0.15, 0.2) is 11.6 Å². The van der Waals surface area contributed by atoms with Crippen LogP contribution in [-0.2, 0) is 14.3 Å². The van der Waals surface area contributed by atoms with E-state index in [1.54, 1.807) is 0 Å². The van der Waals surface area contributed by atoms with Gasteiger partial charge < -0.3 is 4.74 Å². The van der Waals surface area contributed by atoms with Crippen molar-refractivity contribution in [2.45, 2.75) is 13.3 Å². The lowest BCUT2D eigenvalue weighted by atomic mass is 9.95. The summed E-state index contributed by atoms with van der Waals surface area (Å²) in [5.74, 6) is -0.0386. The zero-order chi connectivity index (χ0) is 12.3. The van der Waals surface area contributed by atoms with Crippen molar-refractivity contribution >= 4 is 11.6 Å². The van der Waals surface area contributed by atoms with Crippen molar-refractivity contribution in [2.24, 2.45) is 0 Å². The van der Waals surface area contributed by atoms with E-state index >= 15 is 0 Å². The smallest absolute Gasteiger partial charge is 0.183 e. The molecule has 0 bridgehead atoms. The molecule has 0 saturated carbocycles. The highest BCUT2D eigenvalue weighted by molar-refractivity contribution is 6.20. The lowest BCUT2D eigenvalue weighted by Crippen LogP contribution is -2.38. The Morgan fingerprint density at radius 1 is 1.12 bits per heavy atom. The minimum absolute atomic E-state index is 0.0182. The largest absolute Gasteiger partial charge is 0.379 e. The Kier molecular flexibility index (Phi) is 3.86. The summed E-state index contributed by atoms with van der Waals surface area (Å²) >= 11 is 0. The topological polar surface area (TPSA) is 46.6 Å². The molecular weight excluding hydrogens is 218 g/mol. The van der Waals surface area contributed by atoms with E-state index in [1.807, 2.05) is 6.92 Å². The third-order valence-electron chi connectivity index (χ3n) is 3.12. The average molecular weight is 235 g/mol. The molecule has 0 N–H and O–H groups in total. The third kappa shape index (κ3) is 2.90. The molecule has 0 aromatic carbocycles. The molecule has 17 heavy (non-hydrogen) atoms. The zero-order valence-corrected chi connectivity index (χ0v) is 10.1. The van der Waals surface area contributed by atoms with E-state index in [0.717, 1.165) is 13.1 Å². The van der Waals surface area contributed by atoms with Crippen LogP contribution in [0.5, 0.6) is 0 Å². The SMILES string of the molecule is CCC1=CC(=O)C(CN2CCOCC2)=CC1=O. The number of hydrogen-bond donors (Lipinski definition) is 0. The predicted molar refractivity (Wildman–Crippen MR) is 63.7 cm³/mol. The molecular formula is C13H17NO3. The molecule has 2 rings (SSSR count). The second-order valence-electron chi connectivity index (χ2n) is 4.31. The molecule has 0 unspecified atom stereocenters. The van der Waals surface area contributed by atoms with Gasteiger partial charge in [0.2, 0.25) is 0 Å². The van der Waals surface area contributed by atoms with E-state index in [9.17, 15) is 9.59 Å². The van der Waals surface area contributed by atoms with Crippen molar-refractivity contribution in [1.82, 2.24) is 4.90 Å². The summed E-state index contributed by atoms with van der Waals surface area (Å²) in [5.41, 5.74) is 1.22. The summed E-state index contributed by atoms with van der Waals surface area (Å²) in [6, 6.07) is 0. The predicted octanol–water partition coefficient (Wildman–Crippen LogP) is 0.733. The molecule has 0 aromatic rings. The van der Waals surface area contributed by atoms with E-state index in [0.29, 0.717) is 37.3 Å². The minimum Gasteiger partial charge on any atom is -0.379 e. The van der Waals surface area contributed by atoms with Crippen molar-refractivity contribution in [3.63, 3.8) is 0 Å². The Bertz CT molecular complexity index is 389. The highest BCUT2D eigenvalue weighted by Crippen LogP contribution is 2.15.